The van der Waals surface area contributed by atoms with Crippen molar-refractivity contribution in [1.29, 1.82) is 5.26 Å². The molecule has 6 nitrogen and oxygen atoms in total. The summed E-state index contributed by atoms with van der Waals surface area (Å²) in [5.41, 5.74) is 0.347. The highest BCUT2D eigenvalue weighted by atomic mass is 32.2. The second-order valence-corrected chi connectivity index (χ2v) is 7.67. The Kier molecular flexibility index (Phi) is 4.89. The molecule has 10 heteroatoms. The van der Waals surface area contributed by atoms with E-state index in [4.69, 9.17) is 0 Å². The largest absolute Gasteiger partial charge is 0.433 e. The standard InChI is InChI=1S/C18H17F3N6S/c1-28-17-24-7-12(5-22)16(25-17)27-13-4-14(27)10-26(9-13)8-11-2-3-15(23-6-11)18(19,20)21/h2-3,6-7,13-14H,4,8-10H2,1H3. The first-order valence-corrected chi connectivity index (χ1v) is 9.95. The van der Waals surface area contributed by atoms with Crippen molar-refractivity contribution in [2.75, 3.05) is 24.2 Å². The van der Waals surface area contributed by atoms with Crippen LogP contribution >= 0.6 is 11.8 Å². The summed E-state index contributed by atoms with van der Waals surface area (Å²) in [7, 11) is 0. The van der Waals surface area contributed by atoms with Crippen LogP contribution in [-0.2, 0) is 12.7 Å². The van der Waals surface area contributed by atoms with Crippen LogP contribution in [0.5, 0.6) is 0 Å². The number of piperazine rings is 1. The molecule has 28 heavy (non-hydrogen) atoms. The number of halogens is 3. The Morgan fingerprint density at radius 2 is 1.96 bits per heavy atom. The van der Waals surface area contributed by atoms with Crippen LogP contribution in [0.25, 0.3) is 0 Å². The number of anilines is 1. The number of nitrogens with zero attached hydrogens (tertiary/aromatic N) is 6. The molecule has 2 unspecified atom stereocenters. The van der Waals surface area contributed by atoms with Crippen molar-refractivity contribution in [3.8, 4) is 6.07 Å². The predicted octanol–water partition coefficient (Wildman–Crippen LogP) is 2.95. The first-order valence-electron chi connectivity index (χ1n) is 8.73. The van der Waals surface area contributed by atoms with Crippen LogP contribution in [0.2, 0.25) is 0 Å². The number of hydrogen-bond donors (Lipinski definition) is 0. The number of piperidine rings is 1. The lowest BCUT2D eigenvalue weighted by molar-refractivity contribution is -0.141. The van der Waals surface area contributed by atoms with Gasteiger partial charge in [-0.2, -0.15) is 18.4 Å². The summed E-state index contributed by atoms with van der Waals surface area (Å²) >= 11 is 1.43. The van der Waals surface area contributed by atoms with Crippen molar-refractivity contribution >= 4 is 17.6 Å². The molecule has 3 aliphatic rings. The predicted molar refractivity (Wildman–Crippen MR) is 97.7 cm³/mol. The maximum Gasteiger partial charge on any atom is 0.433 e. The number of alkyl halides is 3. The zero-order chi connectivity index (χ0) is 19.9. The van der Waals surface area contributed by atoms with Crippen LogP contribution in [0.3, 0.4) is 0 Å². The summed E-state index contributed by atoms with van der Waals surface area (Å²) in [6.07, 6.45) is 1.35. The maximum atomic E-state index is 12.6. The summed E-state index contributed by atoms with van der Waals surface area (Å²) in [4.78, 5) is 16.6. The minimum atomic E-state index is -4.42. The Morgan fingerprint density at radius 1 is 1.21 bits per heavy atom. The monoisotopic (exact) mass is 406 g/mol. The van der Waals surface area contributed by atoms with Gasteiger partial charge in [-0.15, -0.1) is 0 Å². The highest BCUT2D eigenvalue weighted by molar-refractivity contribution is 7.98. The average molecular weight is 406 g/mol. The van der Waals surface area contributed by atoms with Crippen molar-refractivity contribution in [2.45, 2.75) is 36.4 Å². The van der Waals surface area contributed by atoms with E-state index in [1.54, 1.807) is 6.20 Å². The van der Waals surface area contributed by atoms with Gasteiger partial charge in [0.15, 0.2) is 11.0 Å². The van der Waals surface area contributed by atoms with Gasteiger partial charge < -0.3 is 4.90 Å². The maximum absolute atomic E-state index is 12.6. The SMILES string of the molecule is CSc1ncc(C#N)c(N2C3CC2CN(Cc2ccc(C(F)(F)F)nc2)C3)n1. The number of hydrogen-bond acceptors (Lipinski definition) is 7. The molecule has 0 N–H and O–H groups in total. The molecule has 0 amide bonds. The van der Waals surface area contributed by atoms with Crippen molar-refractivity contribution in [1.82, 2.24) is 19.9 Å². The van der Waals surface area contributed by atoms with Crippen molar-refractivity contribution < 1.29 is 13.2 Å². The quantitative estimate of drug-likeness (QED) is 0.571. The molecular formula is C18H17F3N6S. The van der Waals surface area contributed by atoms with E-state index in [-0.39, 0.29) is 12.1 Å². The third kappa shape index (κ3) is 3.52. The minimum Gasteiger partial charge on any atom is -0.347 e. The lowest BCUT2D eigenvalue weighted by Crippen LogP contribution is -2.69. The molecule has 2 atom stereocenters. The summed E-state index contributed by atoms with van der Waals surface area (Å²) in [5, 5.41) is 10.0. The molecule has 2 aromatic heterocycles. The number of fused-ring (bicyclic) bond motifs is 2. The van der Waals surface area contributed by atoms with E-state index < -0.39 is 11.9 Å². The van der Waals surface area contributed by atoms with Gasteiger partial charge in [-0.25, -0.2) is 9.97 Å². The topological polar surface area (TPSA) is 68.9 Å². The van der Waals surface area contributed by atoms with Gasteiger partial charge in [-0.3, -0.25) is 9.88 Å². The van der Waals surface area contributed by atoms with Crippen LogP contribution in [0.4, 0.5) is 19.0 Å². The molecule has 0 spiro atoms. The third-order valence-electron chi connectivity index (χ3n) is 5.08. The highest BCUT2D eigenvalue weighted by Gasteiger charge is 2.46. The Morgan fingerprint density at radius 3 is 2.54 bits per heavy atom. The van der Waals surface area contributed by atoms with Gasteiger partial charge in [0.2, 0.25) is 0 Å². The Labute approximate surface area is 164 Å². The van der Waals surface area contributed by atoms with Gasteiger partial charge in [0.1, 0.15) is 17.3 Å². The van der Waals surface area contributed by atoms with Crippen LogP contribution in [0, 0.1) is 11.3 Å². The molecule has 5 heterocycles. The number of rotatable bonds is 4. The van der Waals surface area contributed by atoms with E-state index in [9.17, 15) is 18.4 Å². The fraction of sp³-hybridized carbons (Fsp3) is 0.444. The number of aromatic nitrogens is 3. The van der Waals surface area contributed by atoms with Crippen LogP contribution in [0.15, 0.2) is 29.7 Å². The normalized spacial score (nSPS) is 21.9. The Bertz CT molecular complexity index is 899. The van der Waals surface area contributed by atoms with Crippen LogP contribution in [0.1, 0.15) is 23.2 Å². The van der Waals surface area contributed by atoms with Gasteiger partial charge >= 0.3 is 6.18 Å². The zero-order valence-electron chi connectivity index (χ0n) is 15.0. The fourth-order valence-corrected chi connectivity index (χ4v) is 4.18. The van der Waals surface area contributed by atoms with Gasteiger partial charge in [-0.05, 0) is 24.3 Å². The molecule has 0 aliphatic carbocycles. The lowest BCUT2D eigenvalue weighted by Gasteiger charge is -2.57. The highest BCUT2D eigenvalue weighted by Crippen LogP contribution is 2.38. The molecule has 5 rings (SSSR count). The molecule has 146 valence electrons. The molecule has 2 bridgehead atoms. The first-order chi connectivity index (χ1) is 13.4. The Balaban J connectivity index is 1.44. The molecule has 0 radical (unpaired) electrons. The average Bonchev–Trinajstić information content (AvgIpc) is 2.67. The smallest absolute Gasteiger partial charge is 0.347 e. The number of thioether (sulfide) groups is 1. The second kappa shape index (κ2) is 7.22. The molecular weight excluding hydrogens is 389 g/mol. The zero-order valence-corrected chi connectivity index (χ0v) is 15.8. The summed E-state index contributed by atoms with van der Waals surface area (Å²) in [5.74, 6) is 0.680. The molecule has 3 fully saturated rings. The van der Waals surface area contributed by atoms with Gasteiger partial charge in [-0.1, -0.05) is 17.8 Å². The lowest BCUT2D eigenvalue weighted by atomic mass is 9.86. The minimum absolute atomic E-state index is 0.234. The van der Waals surface area contributed by atoms with Gasteiger partial charge in [0.05, 0.1) is 6.20 Å². The second-order valence-electron chi connectivity index (χ2n) is 6.90. The first kappa shape index (κ1) is 19.0. The van der Waals surface area contributed by atoms with E-state index in [2.05, 4.69) is 30.8 Å². The molecule has 3 aliphatic heterocycles. The fourth-order valence-electron chi connectivity index (χ4n) is 3.85. The van der Waals surface area contributed by atoms with E-state index in [1.807, 2.05) is 6.26 Å². The van der Waals surface area contributed by atoms with Crippen LogP contribution in [-0.4, -0.2) is 51.3 Å². The number of pyridine rings is 1. The third-order valence-corrected chi connectivity index (χ3v) is 5.65. The van der Waals surface area contributed by atoms with Crippen LogP contribution < -0.4 is 4.90 Å². The van der Waals surface area contributed by atoms with E-state index in [0.29, 0.717) is 23.1 Å². The summed E-state index contributed by atoms with van der Waals surface area (Å²) in [6, 6.07) is 5.14. The molecule has 0 aromatic carbocycles. The molecule has 3 saturated heterocycles. The van der Waals surface area contributed by atoms with E-state index in [0.717, 1.165) is 31.1 Å². The summed E-state index contributed by atoms with van der Waals surface area (Å²) < 4.78 is 37.9. The number of nitriles is 1. The summed E-state index contributed by atoms with van der Waals surface area (Å²) in [6.45, 7) is 2.08. The van der Waals surface area contributed by atoms with Crippen molar-refractivity contribution in [3.63, 3.8) is 0 Å². The van der Waals surface area contributed by atoms with E-state index >= 15 is 0 Å². The molecule has 0 saturated carbocycles. The van der Waals surface area contributed by atoms with Crippen molar-refractivity contribution in [2.24, 2.45) is 0 Å². The van der Waals surface area contributed by atoms with Gasteiger partial charge in [0.25, 0.3) is 0 Å². The molecule has 2 aromatic rings. The van der Waals surface area contributed by atoms with Crippen molar-refractivity contribution in [3.05, 3.63) is 41.3 Å². The van der Waals surface area contributed by atoms with Gasteiger partial charge in [0, 0.05) is 37.9 Å². The van der Waals surface area contributed by atoms with E-state index in [1.165, 1.54) is 24.0 Å². The Hall–Kier alpha value is -2.38.